The number of rotatable bonds is 5. The summed E-state index contributed by atoms with van der Waals surface area (Å²) in [6.07, 6.45) is 0.764. The minimum Gasteiger partial charge on any atom is -0.369 e. The predicted octanol–water partition coefficient (Wildman–Crippen LogP) is 2.69. The molecule has 0 bridgehead atoms. The second kappa shape index (κ2) is 6.56. The minimum atomic E-state index is -0.371. The van der Waals surface area contributed by atoms with Crippen molar-refractivity contribution in [2.24, 2.45) is 0 Å². The first kappa shape index (κ1) is 16.4. The molecule has 8 heteroatoms. The van der Waals surface area contributed by atoms with Crippen LogP contribution in [0, 0.1) is 12.7 Å². The Morgan fingerprint density at radius 1 is 1.29 bits per heavy atom. The normalized spacial score (nSPS) is 11.1. The third-order valence-corrected chi connectivity index (χ3v) is 4.63. The molecule has 0 aliphatic carbocycles. The van der Waals surface area contributed by atoms with Gasteiger partial charge in [0.2, 0.25) is 5.95 Å². The van der Waals surface area contributed by atoms with Crippen LogP contribution >= 0.6 is 11.8 Å². The van der Waals surface area contributed by atoms with Gasteiger partial charge in [-0.15, -0.1) is 10.2 Å². The summed E-state index contributed by atoms with van der Waals surface area (Å²) in [6.45, 7) is 3.90. The summed E-state index contributed by atoms with van der Waals surface area (Å²) in [5.74, 6) is -0.0437. The van der Waals surface area contributed by atoms with Gasteiger partial charge in [-0.3, -0.25) is 4.79 Å². The van der Waals surface area contributed by atoms with Crippen molar-refractivity contribution < 1.29 is 9.18 Å². The van der Waals surface area contributed by atoms with Gasteiger partial charge in [0, 0.05) is 16.8 Å². The van der Waals surface area contributed by atoms with E-state index in [9.17, 15) is 9.18 Å². The number of hydrogen-bond acceptors (Lipinski definition) is 6. The molecule has 0 amide bonds. The van der Waals surface area contributed by atoms with E-state index in [2.05, 4.69) is 15.2 Å². The number of Topliss-reactive ketones (excluding diaryl/α,β-unsaturated/α-hetero) is 1. The fraction of sp³-hybridized carbons (Fsp3) is 0.250. The molecule has 0 aliphatic heterocycles. The first-order chi connectivity index (χ1) is 11.5. The molecule has 3 aromatic rings. The molecule has 24 heavy (non-hydrogen) atoms. The van der Waals surface area contributed by atoms with Gasteiger partial charge in [0.05, 0.1) is 5.75 Å². The summed E-state index contributed by atoms with van der Waals surface area (Å²) in [7, 11) is 0. The van der Waals surface area contributed by atoms with Crippen molar-refractivity contribution in [3.63, 3.8) is 0 Å². The maximum Gasteiger partial charge on any atom is 0.208 e. The number of aryl methyl sites for hydroxylation is 2. The monoisotopic (exact) mass is 345 g/mol. The smallest absolute Gasteiger partial charge is 0.208 e. The molecule has 2 aromatic heterocycles. The Hall–Kier alpha value is -2.48. The van der Waals surface area contributed by atoms with Crippen LogP contribution in [0.3, 0.4) is 0 Å². The number of nitrogens with two attached hydrogens (primary N) is 1. The maximum atomic E-state index is 12.9. The number of hydrogen-bond donors (Lipinski definition) is 1. The number of fused-ring (bicyclic) bond motifs is 1. The first-order valence-corrected chi connectivity index (χ1v) is 8.41. The Morgan fingerprint density at radius 3 is 2.67 bits per heavy atom. The zero-order valence-corrected chi connectivity index (χ0v) is 14.1. The van der Waals surface area contributed by atoms with Crippen LogP contribution in [0.15, 0.2) is 29.4 Å². The van der Waals surface area contributed by atoms with Crippen LogP contribution in [0.5, 0.6) is 0 Å². The summed E-state index contributed by atoms with van der Waals surface area (Å²) >= 11 is 1.23. The summed E-state index contributed by atoms with van der Waals surface area (Å²) in [6, 6.07) is 5.47. The van der Waals surface area contributed by atoms with E-state index in [-0.39, 0.29) is 17.4 Å². The summed E-state index contributed by atoms with van der Waals surface area (Å²) in [5.41, 5.74) is 8.92. The SMILES string of the molecule is CCc1c(C)nc(N)n2c(SCC(=O)c3ccc(F)cc3)nnc12. The zero-order chi connectivity index (χ0) is 17.3. The number of carbonyl (C=O) groups excluding carboxylic acids is 1. The van der Waals surface area contributed by atoms with E-state index >= 15 is 0 Å². The lowest BCUT2D eigenvalue weighted by atomic mass is 10.1. The fourth-order valence-electron chi connectivity index (χ4n) is 2.48. The molecule has 124 valence electrons. The van der Waals surface area contributed by atoms with Crippen molar-refractivity contribution in [2.45, 2.75) is 25.4 Å². The van der Waals surface area contributed by atoms with E-state index in [0.29, 0.717) is 22.3 Å². The highest BCUT2D eigenvalue weighted by atomic mass is 32.2. The number of anilines is 1. The van der Waals surface area contributed by atoms with Gasteiger partial charge in [-0.1, -0.05) is 18.7 Å². The Balaban J connectivity index is 1.86. The molecule has 1 aromatic carbocycles. The van der Waals surface area contributed by atoms with Crippen LogP contribution in [0.1, 0.15) is 28.5 Å². The van der Waals surface area contributed by atoms with Gasteiger partial charge < -0.3 is 5.73 Å². The van der Waals surface area contributed by atoms with Crippen LogP contribution < -0.4 is 5.73 Å². The quantitative estimate of drug-likeness (QED) is 0.565. The molecule has 0 aliphatic rings. The number of nitrogen functional groups attached to an aromatic ring is 1. The second-order valence-corrected chi connectivity index (χ2v) is 6.19. The Labute approximate surface area is 142 Å². The number of benzene rings is 1. The highest BCUT2D eigenvalue weighted by molar-refractivity contribution is 7.99. The lowest BCUT2D eigenvalue weighted by molar-refractivity contribution is 0.102. The average molecular weight is 345 g/mol. The standard InChI is InChI=1S/C16H16FN5OS/c1-3-12-9(2)19-15(18)22-14(12)20-21-16(22)24-8-13(23)10-4-6-11(17)7-5-10/h4-7H,3,8H2,1-2H3,(H2,18,19). The summed E-state index contributed by atoms with van der Waals surface area (Å²) < 4.78 is 14.6. The maximum absolute atomic E-state index is 12.9. The van der Waals surface area contributed by atoms with Crippen molar-refractivity contribution in [1.82, 2.24) is 19.6 Å². The molecule has 0 fully saturated rings. The van der Waals surface area contributed by atoms with Crippen LogP contribution in [0.4, 0.5) is 10.3 Å². The summed E-state index contributed by atoms with van der Waals surface area (Å²) in [5, 5.41) is 8.83. The van der Waals surface area contributed by atoms with E-state index in [1.165, 1.54) is 36.0 Å². The molecule has 0 atom stereocenters. The van der Waals surface area contributed by atoms with Crippen molar-refractivity contribution in [1.29, 1.82) is 0 Å². The van der Waals surface area contributed by atoms with Crippen LogP contribution in [0.2, 0.25) is 0 Å². The predicted molar refractivity (Wildman–Crippen MR) is 90.8 cm³/mol. The van der Waals surface area contributed by atoms with E-state index < -0.39 is 0 Å². The first-order valence-electron chi connectivity index (χ1n) is 7.43. The average Bonchev–Trinajstić information content (AvgIpc) is 2.98. The second-order valence-electron chi connectivity index (χ2n) is 5.25. The third-order valence-electron chi connectivity index (χ3n) is 3.70. The number of carbonyl (C=O) groups is 1. The number of nitrogens with zero attached hydrogens (tertiary/aromatic N) is 4. The molecule has 2 heterocycles. The highest BCUT2D eigenvalue weighted by Gasteiger charge is 2.17. The lowest BCUT2D eigenvalue weighted by Crippen LogP contribution is -2.08. The van der Waals surface area contributed by atoms with E-state index in [0.717, 1.165) is 17.7 Å². The highest BCUT2D eigenvalue weighted by Crippen LogP contribution is 2.24. The Morgan fingerprint density at radius 2 is 2.00 bits per heavy atom. The van der Waals surface area contributed by atoms with Crippen molar-refractivity contribution in [3.8, 4) is 0 Å². The molecule has 0 unspecified atom stereocenters. The molecular weight excluding hydrogens is 329 g/mol. The van der Waals surface area contributed by atoms with Crippen molar-refractivity contribution in [2.75, 3.05) is 11.5 Å². The van der Waals surface area contributed by atoms with Crippen LogP contribution in [0.25, 0.3) is 5.65 Å². The molecule has 0 spiro atoms. The van der Waals surface area contributed by atoms with Gasteiger partial charge in [0.15, 0.2) is 16.6 Å². The van der Waals surface area contributed by atoms with Gasteiger partial charge in [-0.05, 0) is 37.6 Å². The lowest BCUT2D eigenvalue weighted by Gasteiger charge is -2.08. The number of halogens is 1. The van der Waals surface area contributed by atoms with Crippen molar-refractivity contribution >= 4 is 29.1 Å². The molecule has 0 radical (unpaired) electrons. The number of aromatic nitrogens is 4. The van der Waals surface area contributed by atoms with Gasteiger partial charge in [-0.2, -0.15) is 0 Å². The number of thioether (sulfide) groups is 1. The Bertz CT molecular complexity index is 907. The minimum absolute atomic E-state index is 0.119. The van der Waals surface area contributed by atoms with Crippen LogP contribution in [-0.4, -0.2) is 31.1 Å². The van der Waals surface area contributed by atoms with E-state index in [4.69, 9.17) is 5.73 Å². The molecular formula is C16H16FN5OS. The molecule has 3 rings (SSSR count). The third kappa shape index (κ3) is 2.96. The topological polar surface area (TPSA) is 86.2 Å². The number of ketones is 1. The van der Waals surface area contributed by atoms with Gasteiger partial charge in [0.25, 0.3) is 0 Å². The van der Waals surface area contributed by atoms with E-state index in [1.54, 1.807) is 4.40 Å². The molecule has 0 saturated heterocycles. The largest absolute Gasteiger partial charge is 0.369 e. The van der Waals surface area contributed by atoms with Crippen molar-refractivity contribution in [3.05, 3.63) is 46.9 Å². The van der Waals surface area contributed by atoms with Gasteiger partial charge in [-0.25, -0.2) is 13.8 Å². The fourth-order valence-corrected chi connectivity index (χ4v) is 3.31. The van der Waals surface area contributed by atoms with Gasteiger partial charge >= 0.3 is 0 Å². The molecule has 6 nitrogen and oxygen atoms in total. The Kier molecular flexibility index (Phi) is 4.48. The van der Waals surface area contributed by atoms with Gasteiger partial charge in [0.1, 0.15) is 5.82 Å². The zero-order valence-electron chi connectivity index (χ0n) is 13.3. The van der Waals surface area contributed by atoms with Crippen LogP contribution in [-0.2, 0) is 6.42 Å². The molecule has 0 saturated carbocycles. The summed E-state index contributed by atoms with van der Waals surface area (Å²) in [4.78, 5) is 16.5. The molecule has 2 N–H and O–H groups in total. The van der Waals surface area contributed by atoms with E-state index in [1.807, 2.05) is 13.8 Å².